The molecule has 13 heavy (non-hydrogen) atoms. The largest absolute Gasteiger partial charge is 0.390 e. The molecule has 3 N–H and O–H groups in total. The van der Waals surface area contributed by atoms with E-state index in [1.807, 2.05) is 13.8 Å². The predicted molar refractivity (Wildman–Crippen MR) is 52.4 cm³/mol. The summed E-state index contributed by atoms with van der Waals surface area (Å²) in [5.74, 6) is 0.678. The molecule has 3 heteroatoms. The van der Waals surface area contributed by atoms with Crippen LogP contribution in [0.1, 0.15) is 26.7 Å². The third kappa shape index (κ3) is 2.93. The van der Waals surface area contributed by atoms with Crippen LogP contribution in [0.2, 0.25) is 0 Å². The summed E-state index contributed by atoms with van der Waals surface area (Å²) in [6, 6.07) is 0. The van der Waals surface area contributed by atoms with Gasteiger partial charge in [0.1, 0.15) is 0 Å². The van der Waals surface area contributed by atoms with E-state index in [2.05, 4.69) is 0 Å². The Morgan fingerprint density at radius 3 is 2.85 bits per heavy atom. The van der Waals surface area contributed by atoms with Crippen LogP contribution in [-0.2, 0) is 4.74 Å². The minimum atomic E-state index is -0.632. The third-order valence-corrected chi connectivity index (χ3v) is 3.14. The fourth-order valence-corrected chi connectivity index (χ4v) is 1.78. The molecule has 0 amide bonds. The molecule has 0 aromatic carbocycles. The number of aliphatic hydroxyl groups is 1. The Balaban J connectivity index is 2.40. The van der Waals surface area contributed by atoms with Gasteiger partial charge in [0.15, 0.2) is 0 Å². The van der Waals surface area contributed by atoms with Gasteiger partial charge < -0.3 is 15.6 Å². The molecule has 1 heterocycles. The molecule has 0 spiro atoms. The first-order valence-electron chi connectivity index (χ1n) is 5.06. The van der Waals surface area contributed by atoms with Crippen LogP contribution in [0.4, 0.5) is 0 Å². The van der Waals surface area contributed by atoms with Crippen molar-refractivity contribution in [1.29, 1.82) is 0 Å². The van der Waals surface area contributed by atoms with Crippen molar-refractivity contribution in [3.8, 4) is 0 Å². The topological polar surface area (TPSA) is 55.5 Å². The molecule has 0 aromatic heterocycles. The van der Waals surface area contributed by atoms with E-state index in [4.69, 9.17) is 10.5 Å². The average Bonchev–Trinajstić information content (AvgIpc) is 2.54. The number of hydrogen-bond donors (Lipinski definition) is 2. The van der Waals surface area contributed by atoms with Gasteiger partial charge in [0.05, 0.1) is 5.60 Å². The van der Waals surface area contributed by atoms with Crippen LogP contribution >= 0.6 is 0 Å². The standard InChI is InChI=1S/C10H21NO2/c1-8(6-11)10(2,12)5-9-3-4-13-7-9/h8-9,12H,3-7,11H2,1-2H3. The summed E-state index contributed by atoms with van der Waals surface area (Å²) in [7, 11) is 0. The van der Waals surface area contributed by atoms with Gasteiger partial charge in [-0.25, -0.2) is 0 Å². The van der Waals surface area contributed by atoms with E-state index in [1.54, 1.807) is 0 Å². The summed E-state index contributed by atoms with van der Waals surface area (Å²) in [4.78, 5) is 0. The molecule has 0 radical (unpaired) electrons. The van der Waals surface area contributed by atoms with Crippen LogP contribution in [0, 0.1) is 11.8 Å². The first kappa shape index (κ1) is 11.0. The SMILES string of the molecule is CC(CN)C(C)(O)CC1CCOC1. The van der Waals surface area contributed by atoms with Gasteiger partial charge in [-0.3, -0.25) is 0 Å². The molecule has 1 saturated heterocycles. The van der Waals surface area contributed by atoms with Crippen molar-refractivity contribution >= 4 is 0 Å². The van der Waals surface area contributed by atoms with Crippen LogP contribution in [0.3, 0.4) is 0 Å². The zero-order chi connectivity index (χ0) is 9.90. The highest BCUT2D eigenvalue weighted by atomic mass is 16.5. The average molecular weight is 187 g/mol. The first-order chi connectivity index (χ1) is 6.06. The molecule has 1 aliphatic rings. The Morgan fingerprint density at radius 2 is 2.38 bits per heavy atom. The van der Waals surface area contributed by atoms with Crippen molar-refractivity contribution in [2.24, 2.45) is 17.6 Å². The summed E-state index contributed by atoms with van der Waals surface area (Å²) in [5, 5.41) is 10.1. The Bertz CT molecular complexity index is 153. The predicted octanol–water partition coefficient (Wildman–Crippen LogP) is 0.759. The summed E-state index contributed by atoms with van der Waals surface area (Å²) in [6.07, 6.45) is 1.89. The lowest BCUT2D eigenvalue weighted by Crippen LogP contribution is -2.39. The van der Waals surface area contributed by atoms with Crippen LogP contribution in [0.15, 0.2) is 0 Å². The Kier molecular flexibility index (Phi) is 3.71. The van der Waals surface area contributed by atoms with Gasteiger partial charge >= 0.3 is 0 Å². The second-order valence-electron chi connectivity index (χ2n) is 4.43. The summed E-state index contributed by atoms with van der Waals surface area (Å²) in [5.41, 5.74) is 4.91. The number of nitrogens with two attached hydrogens (primary N) is 1. The summed E-state index contributed by atoms with van der Waals surface area (Å²) in [6.45, 7) is 6.06. The van der Waals surface area contributed by atoms with Gasteiger partial charge in [0.25, 0.3) is 0 Å². The lowest BCUT2D eigenvalue weighted by atomic mass is 9.82. The maximum atomic E-state index is 10.1. The molecule has 1 aliphatic heterocycles. The smallest absolute Gasteiger partial charge is 0.0660 e. The number of hydrogen-bond acceptors (Lipinski definition) is 3. The molecule has 3 unspecified atom stereocenters. The van der Waals surface area contributed by atoms with Gasteiger partial charge in [-0.15, -0.1) is 0 Å². The first-order valence-corrected chi connectivity index (χ1v) is 5.06. The maximum absolute atomic E-state index is 10.1. The zero-order valence-corrected chi connectivity index (χ0v) is 8.62. The molecule has 3 nitrogen and oxygen atoms in total. The molecule has 0 bridgehead atoms. The fraction of sp³-hybridized carbons (Fsp3) is 1.00. The Morgan fingerprint density at radius 1 is 1.69 bits per heavy atom. The highest BCUT2D eigenvalue weighted by Gasteiger charge is 2.31. The van der Waals surface area contributed by atoms with Crippen LogP contribution in [0.25, 0.3) is 0 Å². The zero-order valence-electron chi connectivity index (χ0n) is 8.62. The van der Waals surface area contributed by atoms with E-state index in [0.29, 0.717) is 12.5 Å². The maximum Gasteiger partial charge on any atom is 0.0660 e. The van der Waals surface area contributed by atoms with E-state index >= 15 is 0 Å². The molecule has 78 valence electrons. The van der Waals surface area contributed by atoms with Crippen molar-refractivity contribution in [2.45, 2.75) is 32.3 Å². The Hall–Kier alpha value is -0.120. The molecule has 3 atom stereocenters. The molecule has 0 aromatic rings. The molecular weight excluding hydrogens is 166 g/mol. The van der Waals surface area contributed by atoms with Crippen molar-refractivity contribution in [3.05, 3.63) is 0 Å². The van der Waals surface area contributed by atoms with Gasteiger partial charge in [-0.2, -0.15) is 0 Å². The minimum absolute atomic E-state index is 0.160. The van der Waals surface area contributed by atoms with Crippen LogP contribution in [-0.4, -0.2) is 30.5 Å². The molecule has 0 aliphatic carbocycles. The van der Waals surface area contributed by atoms with Crippen LogP contribution in [0.5, 0.6) is 0 Å². The van der Waals surface area contributed by atoms with E-state index < -0.39 is 5.60 Å². The highest BCUT2D eigenvalue weighted by Crippen LogP contribution is 2.28. The van der Waals surface area contributed by atoms with E-state index in [1.165, 1.54) is 0 Å². The van der Waals surface area contributed by atoms with Crippen molar-refractivity contribution in [3.63, 3.8) is 0 Å². The van der Waals surface area contributed by atoms with Gasteiger partial charge in [0, 0.05) is 13.2 Å². The Labute approximate surface area is 80.3 Å². The highest BCUT2D eigenvalue weighted by molar-refractivity contribution is 4.83. The summed E-state index contributed by atoms with van der Waals surface area (Å²) < 4.78 is 5.27. The van der Waals surface area contributed by atoms with E-state index in [-0.39, 0.29) is 5.92 Å². The van der Waals surface area contributed by atoms with Crippen molar-refractivity contribution in [1.82, 2.24) is 0 Å². The summed E-state index contributed by atoms with van der Waals surface area (Å²) >= 11 is 0. The minimum Gasteiger partial charge on any atom is -0.390 e. The fourth-order valence-electron chi connectivity index (χ4n) is 1.78. The molecular formula is C10H21NO2. The molecule has 1 rings (SSSR count). The lowest BCUT2D eigenvalue weighted by molar-refractivity contribution is -0.0136. The van der Waals surface area contributed by atoms with E-state index in [9.17, 15) is 5.11 Å². The van der Waals surface area contributed by atoms with Crippen molar-refractivity contribution < 1.29 is 9.84 Å². The quantitative estimate of drug-likeness (QED) is 0.683. The number of rotatable bonds is 4. The monoisotopic (exact) mass is 187 g/mol. The normalized spacial score (nSPS) is 30.0. The molecule has 0 saturated carbocycles. The third-order valence-electron chi connectivity index (χ3n) is 3.14. The van der Waals surface area contributed by atoms with Gasteiger partial charge in [0.2, 0.25) is 0 Å². The van der Waals surface area contributed by atoms with Crippen molar-refractivity contribution in [2.75, 3.05) is 19.8 Å². The number of ether oxygens (including phenoxy) is 1. The second-order valence-corrected chi connectivity index (χ2v) is 4.43. The van der Waals surface area contributed by atoms with Crippen LogP contribution < -0.4 is 5.73 Å². The van der Waals surface area contributed by atoms with Gasteiger partial charge in [-0.1, -0.05) is 6.92 Å². The lowest BCUT2D eigenvalue weighted by Gasteiger charge is -2.31. The second kappa shape index (κ2) is 4.40. The van der Waals surface area contributed by atoms with Gasteiger partial charge in [-0.05, 0) is 38.1 Å². The molecule has 1 fully saturated rings. The van der Waals surface area contributed by atoms with E-state index in [0.717, 1.165) is 26.1 Å².